The van der Waals surface area contributed by atoms with Gasteiger partial charge in [-0.15, -0.1) is 0 Å². The second-order valence-corrected chi connectivity index (χ2v) is 5.05. The van der Waals surface area contributed by atoms with E-state index in [0.29, 0.717) is 22.3 Å². The molecule has 0 saturated heterocycles. The Morgan fingerprint density at radius 2 is 1.90 bits per heavy atom. The lowest BCUT2D eigenvalue weighted by Crippen LogP contribution is -2.02. The lowest BCUT2D eigenvalue weighted by molar-refractivity contribution is 0.0699. The molecule has 0 atom stereocenters. The number of aryl methyl sites for hydroxylation is 2. The summed E-state index contributed by atoms with van der Waals surface area (Å²) in [6.07, 6.45) is 1.67. The molecule has 104 valence electrons. The van der Waals surface area contributed by atoms with Crippen molar-refractivity contribution in [1.29, 1.82) is 0 Å². The number of aromatic carboxylic acids is 1. The van der Waals surface area contributed by atoms with E-state index in [1.807, 2.05) is 44.2 Å². The van der Waals surface area contributed by atoms with E-state index in [1.54, 1.807) is 12.3 Å². The van der Waals surface area contributed by atoms with Crippen molar-refractivity contribution in [3.8, 4) is 11.4 Å². The van der Waals surface area contributed by atoms with Crippen molar-refractivity contribution in [1.82, 2.24) is 9.97 Å². The fourth-order valence-corrected chi connectivity index (χ4v) is 2.50. The van der Waals surface area contributed by atoms with Gasteiger partial charge in [0.1, 0.15) is 0 Å². The first-order chi connectivity index (χ1) is 10.1. The van der Waals surface area contributed by atoms with Crippen LogP contribution in [0.3, 0.4) is 0 Å². The van der Waals surface area contributed by atoms with Crippen molar-refractivity contribution in [2.24, 2.45) is 0 Å². The number of fused-ring (bicyclic) bond motifs is 1. The van der Waals surface area contributed by atoms with Gasteiger partial charge in [-0.25, -0.2) is 9.78 Å². The largest absolute Gasteiger partial charge is 0.478 e. The van der Waals surface area contributed by atoms with E-state index < -0.39 is 5.97 Å². The predicted molar refractivity (Wildman–Crippen MR) is 81.4 cm³/mol. The number of hydrogen-bond donors (Lipinski definition) is 1. The van der Waals surface area contributed by atoms with E-state index in [4.69, 9.17) is 0 Å². The fourth-order valence-electron chi connectivity index (χ4n) is 2.50. The number of carboxylic acid groups (broad SMARTS) is 1. The third-order valence-electron chi connectivity index (χ3n) is 3.41. The Hall–Kier alpha value is -2.75. The molecule has 4 nitrogen and oxygen atoms in total. The summed E-state index contributed by atoms with van der Waals surface area (Å²) in [4.78, 5) is 20.4. The molecule has 4 heteroatoms. The molecule has 2 aromatic heterocycles. The van der Waals surface area contributed by atoms with Crippen molar-refractivity contribution in [2.75, 3.05) is 0 Å². The minimum atomic E-state index is -0.954. The molecule has 3 rings (SSSR count). The number of carboxylic acids is 1. The average molecular weight is 278 g/mol. The van der Waals surface area contributed by atoms with E-state index in [-0.39, 0.29) is 5.56 Å². The number of aromatic nitrogens is 2. The van der Waals surface area contributed by atoms with E-state index in [1.165, 1.54) is 0 Å². The van der Waals surface area contributed by atoms with Gasteiger partial charge in [-0.3, -0.25) is 4.98 Å². The molecule has 21 heavy (non-hydrogen) atoms. The highest BCUT2D eigenvalue weighted by Crippen LogP contribution is 2.27. The molecule has 0 amide bonds. The minimum absolute atomic E-state index is 0.257. The van der Waals surface area contributed by atoms with Gasteiger partial charge in [0.25, 0.3) is 0 Å². The maximum atomic E-state index is 11.6. The van der Waals surface area contributed by atoms with Crippen molar-refractivity contribution in [2.45, 2.75) is 13.8 Å². The van der Waals surface area contributed by atoms with Crippen LogP contribution in [0.5, 0.6) is 0 Å². The number of carbonyl (C=O) groups is 1. The second-order valence-electron chi connectivity index (χ2n) is 5.05. The lowest BCUT2D eigenvalue weighted by Gasteiger charge is -2.09. The molecule has 0 spiro atoms. The van der Waals surface area contributed by atoms with Gasteiger partial charge >= 0.3 is 5.97 Å². The molecule has 0 unspecified atom stereocenters. The van der Waals surface area contributed by atoms with Gasteiger partial charge < -0.3 is 5.11 Å². The van der Waals surface area contributed by atoms with Crippen LogP contribution in [0.25, 0.3) is 22.3 Å². The van der Waals surface area contributed by atoms with Crippen LogP contribution >= 0.6 is 0 Å². The predicted octanol–water partition coefficient (Wildman–Crippen LogP) is 3.61. The summed E-state index contributed by atoms with van der Waals surface area (Å²) < 4.78 is 0. The Kier molecular flexibility index (Phi) is 3.14. The first-order valence-electron chi connectivity index (χ1n) is 6.63. The Labute approximate surface area is 122 Å². The van der Waals surface area contributed by atoms with Crippen molar-refractivity contribution >= 4 is 16.9 Å². The molecule has 0 saturated carbocycles. The van der Waals surface area contributed by atoms with Gasteiger partial charge in [0.2, 0.25) is 0 Å². The zero-order chi connectivity index (χ0) is 15.0. The zero-order valence-electron chi connectivity index (χ0n) is 11.8. The number of rotatable bonds is 2. The third-order valence-corrected chi connectivity index (χ3v) is 3.41. The van der Waals surface area contributed by atoms with E-state index >= 15 is 0 Å². The molecular weight excluding hydrogens is 264 g/mol. The van der Waals surface area contributed by atoms with Crippen molar-refractivity contribution < 1.29 is 9.90 Å². The van der Waals surface area contributed by atoms with Gasteiger partial charge in [0, 0.05) is 11.6 Å². The number of pyridine rings is 2. The first kappa shape index (κ1) is 13.2. The lowest BCUT2D eigenvalue weighted by atomic mass is 10.0. The quantitative estimate of drug-likeness (QED) is 0.777. The molecule has 0 aliphatic carbocycles. The Morgan fingerprint density at radius 3 is 2.57 bits per heavy atom. The number of benzene rings is 1. The normalized spacial score (nSPS) is 10.8. The molecule has 0 aliphatic rings. The number of nitrogens with zero attached hydrogens (tertiary/aromatic N) is 2. The highest BCUT2D eigenvalue weighted by Gasteiger charge is 2.15. The summed E-state index contributed by atoms with van der Waals surface area (Å²) >= 11 is 0. The fraction of sp³-hybridized carbons (Fsp3) is 0.118. The van der Waals surface area contributed by atoms with Crippen LogP contribution in [-0.4, -0.2) is 21.0 Å². The Morgan fingerprint density at radius 1 is 1.10 bits per heavy atom. The van der Waals surface area contributed by atoms with E-state index in [2.05, 4.69) is 9.97 Å². The van der Waals surface area contributed by atoms with Gasteiger partial charge in [-0.05, 0) is 43.7 Å². The molecule has 0 aliphatic heterocycles. The van der Waals surface area contributed by atoms with Crippen LogP contribution in [0.15, 0.2) is 42.6 Å². The van der Waals surface area contributed by atoms with Gasteiger partial charge in [-0.1, -0.05) is 17.7 Å². The summed E-state index contributed by atoms with van der Waals surface area (Å²) in [5.74, 6) is -0.954. The van der Waals surface area contributed by atoms with Crippen LogP contribution in [0.1, 0.15) is 21.5 Å². The van der Waals surface area contributed by atoms with Crippen molar-refractivity contribution in [3.05, 3.63) is 59.3 Å². The van der Waals surface area contributed by atoms with Gasteiger partial charge in [0.05, 0.1) is 22.5 Å². The maximum absolute atomic E-state index is 11.6. The molecule has 1 aromatic carbocycles. The molecule has 3 aromatic rings. The highest BCUT2D eigenvalue weighted by atomic mass is 16.4. The van der Waals surface area contributed by atoms with Crippen LogP contribution in [-0.2, 0) is 0 Å². The van der Waals surface area contributed by atoms with E-state index in [0.717, 1.165) is 11.1 Å². The molecule has 0 fully saturated rings. The smallest absolute Gasteiger partial charge is 0.336 e. The van der Waals surface area contributed by atoms with E-state index in [9.17, 15) is 9.90 Å². The first-order valence-corrected chi connectivity index (χ1v) is 6.63. The van der Waals surface area contributed by atoms with Crippen LogP contribution < -0.4 is 0 Å². The Bertz CT molecular complexity index is 842. The standard InChI is InChI=1S/C17H14N2O2/c1-10-7-11(2)16-12(8-10)13(17(20)21)9-15(19-16)14-5-3-4-6-18-14/h3-9H,1-2H3,(H,20,21). The molecular formula is C17H14N2O2. The average Bonchev–Trinajstić information content (AvgIpc) is 2.47. The summed E-state index contributed by atoms with van der Waals surface area (Å²) in [7, 11) is 0. The molecule has 0 bridgehead atoms. The Balaban J connectivity index is 2.38. The third kappa shape index (κ3) is 2.36. The highest BCUT2D eigenvalue weighted by molar-refractivity contribution is 6.04. The second kappa shape index (κ2) is 4.98. The maximum Gasteiger partial charge on any atom is 0.336 e. The summed E-state index contributed by atoms with van der Waals surface area (Å²) in [5.41, 5.74) is 4.20. The topological polar surface area (TPSA) is 63.1 Å². The van der Waals surface area contributed by atoms with Crippen LogP contribution in [0.4, 0.5) is 0 Å². The molecule has 2 heterocycles. The summed E-state index contributed by atoms with van der Waals surface area (Å²) in [6.45, 7) is 3.89. The molecule has 0 radical (unpaired) electrons. The zero-order valence-corrected chi connectivity index (χ0v) is 11.8. The van der Waals surface area contributed by atoms with Crippen LogP contribution in [0, 0.1) is 13.8 Å². The van der Waals surface area contributed by atoms with Gasteiger partial charge in [-0.2, -0.15) is 0 Å². The molecule has 1 N–H and O–H groups in total. The summed E-state index contributed by atoms with van der Waals surface area (Å²) in [6, 6.07) is 11.0. The van der Waals surface area contributed by atoms with Crippen LogP contribution in [0.2, 0.25) is 0 Å². The SMILES string of the molecule is Cc1cc(C)c2nc(-c3ccccn3)cc(C(=O)O)c2c1. The minimum Gasteiger partial charge on any atom is -0.478 e. The number of hydrogen-bond acceptors (Lipinski definition) is 3. The monoisotopic (exact) mass is 278 g/mol. The summed E-state index contributed by atoms with van der Waals surface area (Å²) in [5, 5.41) is 10.2. The van der Waals surface area contributed by atoms with Crippen molar-refractivity contribution in [3.63, 3.8) is 0 Å². The van der Waals surface area contributed by atoms with Gasteiger partial charge in [0.15, 0.2) is 0 Å².